The molecule has 1 unspecified atom stereocenters. The molecule has 0 nitrogen and oxygen atoms in total. The number of allylic oxidation sites excluding steroid dienone is 2. The van der Waals surface area contributed by atoms with E-state index in [1.807, 2.05) is 0 Å². The lowest BCUT2D eigenvalue weighted by Crippen LogP contribution is -1.21. The molecule has 0 amide bonds. The largest absolute Gasteiger partial charge is 0.0755 e. The van der Waals surface area contributed by atoms with E-state index in [4.69, 9.17) is 0 Å². The Morgan fingerprint density at radius 1 is 2.00 bits per heavy atom. The zero-order valence-corrected chi connectivity index (χ0v) is 5.25. The fourth-order valence-electron chi connectivity index (χ4n) is 0.128. The van der Waals surface area contributed by atoms with E-state index < -0.39 is 0 Å². The van der Waals surface area contributed by atoms with Crippen LogP contribution in [0.3, 0.4) is 0 Å². The maximum absolute atomic E-state index is 3.34. The third-order valence-electron chi connectivity index (χ3n) is 0.530. The first-order chi connectivity index (χ1) is 2.43. The Bertz CT molecular complexity index is 67.3. The van der Waals surface area contributed by atoms with E-state index in [9.17, 15) is 0 Å². The van der Waals surface area contributed by atoms with Crippen LogP contribution < -0.4 is 0 Å². The molecule has 1 aliphatic carbocycles. The zero-order chi connectivity index (χ0) is 3.70. The third kappa shape index (κ3) is 1.02. The van der Waals surface area contributed by atoms with E-state index in [1.54, 1.807) is 5.31 Å². The summed E-state index contributed by atoms with van der Waals surface area (Å²) in [6.07, 6.45) is 3.50. The van der Waals surface area contributed by atoms with Gasteiger partial charge < -0.3 is 0 Å². The minimum Gasteiger partial charge on any atom is -0.0755 e. The predicted molar refractivity (Wildman–Crippen MR) is 29.9 cm³/mol. The van der Waals surface area contributed by atoms with Crippen LogP contribution in [0.5, 0.6) is 0 Å². The molecule has 1 rings (SSSR count). The molecule has 1 atom stereocenters. The van der Waals surface area contributed by atoms with Gasteiger partial charge in [-0.15, -0.1) is 0 Å². The van der Waals surface area contributed by atoms with Crippen LogP contribution in [-0.4, -0.2) is 0 Å². The Morgan fingerprint density at radius 2 is 2.60 bits per heavy atom. The molecule has 28 valence electrons. The molecule has 0 saturated heterocycles. The summed E-state index contributed by atoms with van der Waals surface area (Å²) in [5, 5.41) is 1.57. The Labute approximate surface area is 41.2 Å². The van der Waals surface area contributed by atoms with Gasteiger partial charge in [-0.2, -0.15) is 0 Å². The molecule has 0 aromatic rings. The number of halogens is 1. The summed E-state index contributed by atoms with van der Waals surface area (Å²) in [6.45, 7) is 0. The second kappa shape index (κ2) is 1.40. The highest BCUT2D eigenvalue weighted by Crippen LogP contribution is 2.42. The zero-order valence-electron chi connectivity index (χ0n) is 2.66. The fourth-order valence-corrected chi connectivity index (χ4v) is 1.36. The van der Waals surface area contributed by atoms with E-state index in [2.05, 4.69) is 21.6 Å². The first-order valence-electron chi connectivity index (χ1n) is 1.49. The topological polar surface area (TPSA) is 0 Å². The SMILES string of the molecule is BrPC1=CC1. The molecule has 0 spiro atoms. The van der Waals surface area contributed by atoms with Crippen molar-refractivity contribution in [3.63, 3.8) is 0 Å². The first kappa shape index (κ1) is 3.83. The minimum absolute atomic E-state index is 0.899. The van der Waals surface area contributed by atoms with Gasteiger partial charge in [0.25, 0.3) is 0 Å². The normalized spacial score (nSPS) is 20.6. The number of hydrogen-bond acceptors (Lipinski definition) is 0. The van der Waals surface area contributed by atoms with E-state index >= 15 is 0 Å². The van der Waals surface area contributed by atoms with Crippen molar-refractivity contribution in [3.05, 3.63) is 11.4 Å². The number of hydrogen-bond donors (Lipinski definition) is 0. The molecule has 1 aliphatic rings. The van der Waals surface area contributed by atoms with Crippen molar-refractivity contribution < 1.29 is 0 Å². The van der Waals surface area contributed by atoms with Crippen LogP contribution in [0.4, 0.5) is 0 Å². The summed E-state index contributed by atoms with van der Waals surface area (Å²) < 4.78 is 0. The molecule has 0 aromatic carbocycles. The van der Waals surface area contributed by atoms with Crippen LogP contribution in [0.15, 0.2) is 11.4 Å². The summed E-state index contributed by atoms with van der Waals surface area (Å²) in [4.78, 5) is 0. The quantitative estimate of drug-likeness (QED) is 0.504. The van der Waals surface area contributed by atoms with Crippen molar-refractivity contribution in [1.29, 1.82) is 0 Å². The fraction of sp³-hybridized carbons (Fsp3) is 0.333. The van der Waals surface area contributed by atoms with Crippen LogP contribution in [-0.2, 0) is 0 Å². The summed E-state index contributed by atoms with van der Waals surface area (Å²) in [7, 11) is 0.899. The number of rotatable bonds is 1. The molecule has 2 heteroatoms. The van der Waals surface area contributed by atoms with Crippen LogP contribution in [0, 0.1) is 0 Å². The lowest BCUT2D eigenvalue weighted by atomic mass is 10.9. The Morgan fingerprint density at radius 3 is 2.60 bits per heavy atom. The monoisotopic (exact) mass is 150 g/mol. The van der Waals surface area contributed by atoms with Gasteiger partial charge in [0.05, 0.1) is 0 Å². The van der Waals surface area contributed by atoms with E-state index in [1.165, 1.54) is 6.42 Å². The average molecular weight is 151 g/mol. The molecular formula is C3H4BrP. The standard InChI is InChI=1S/C3H4BrP/c4-5-3-1-2-3/h1,5H,2H2. The smallest absolute Gasteiger partial charge is 0.00839 e. The average Bonchev–Trinajstić information content (AvgIpc) is 2.12. The molecule has 0 fully saturated rings. The van der Waals surface area contributed by atoms with Crippen molar-refractivity contribution >= 4 is 22.8 Å². The summed E-state index contributed by atoms with van der Waals surface area (Å²) in [5.41, 5.74) is 0. The van der Waals surface area contributed by atoms with Gasteiger partial charge in [0, 0.05) is 0 Å². The van der Waals surface area contributed by atoms with Crippen molar-refractivity contribution in [2.75, 3.05) is 0 Å². The highest BCUT2D eigenvalue weighted by molar-refractivity contribution is 9.37. The molecule has 0 N–H and O–H groups in total. The first-order valence-corrected chi connectivity index (χ1v) is 4.75. The summed E-state index contributed by atoms with van der Waals surface area (Å²) >= 11 is 3.34. The van der Waals surface area contributed by atoms with Crippen molar-refractivity contribution in [2.45, 2.75) is 6.42 Å². The van der Waals surface area contributed by atoms with Gasteiger partial charge in [-0.3, -0.25) is 0 Å². The second-order valence-electron chi connectivity index (χ2n) is 1.03. The summed E-state index contributed by atoms with van der Waals surface area (Å²) in [6, 6.07) is 0. The van der Waals surface area contributed by atoms with Gasteiger partial charge in [-0.1, -0.05) is 21.6 Å². The second-order valence-corrected chi connectivity index (χ2v) is 3.05. The molecule has 0 saturated carbocycles. The minimum atomic E-state index is 0.899. The Hall–Kier alpha value is 0.650. The van der Waals surface area contributed by atoms with E-state index in [-0.39, 0.29) is 0 Å². The molecule has 0 radical (unpaired) electrons. The molecular weight excluding hydrogens is 147 g/mol. The lowest BCUT2D eigenvalue weighted by Gasteiger charge is -1.65. The van der Waals surface area contributed by atoms with Gasteiger partial charge in [0.15, 0.2) is 0 Å². The van der Waals surface area contributed by atoms with Crippen LogP contribution in [0.2, 0.25) is 0 Å². The van der Waals surface area contributed by atoms with Crippen molar-refractivity contribution in [3.8, 4) is 0 Å². The third-order valence-corrected chi connectivity index (χ3v) is 2.71. The van der Waals surface area contributed by atoms with Gasteiger partial charge >= 0.3 is 0 Å². The van der Waals surface area contributed by atoms with Gasteiger partial charge in [0.1, 0.15) is 0 Å². The maximum atomic E-state index is 3.34. The molecule has 5 heavy (non-hydrogen) atoms. The van der Waals surface area contributed by atoms with E-state index in [0.29, 0.717) is 0 Å². The highest BCUT2D eigenvalue weighted by Gasteiger charge is 2.01. The maximum Gasteiger partial charge on any atom is -0.00839 e. The van der Waals surface area contributed by atoms with Crippen molar-refractivity contribution in [2.24, 2.45) is 0 Å². The molecule has 0 aromatic heterocycles. The lowest BCUT2D eigenvalue weighted by molar-refractivity contribution is 1.68. The van der Waals surface area contributed by atoms with Crippen LogP contribution in [0.1, 0.15) is 6.42 Å². The molecule has 0 bridgehead atoms. The molecule has 0 heterocycles. The Kier molecular flexibility index (Phi) is 1.07. The van der Waals surface area contributed by atoms with E-state index in [0.717, 1.165) is 7.28 Å². The van der Waals surface area contributed by atoms with Gasteiger partial charge in [-0.05, 0) is 19.0 Å². The van der Waals surface area contributed by atoms with Gasteiger partial charge in [0.2, 0.25) is 0 Å². The van der Waals surface area contributed by atoms with Crippen LogP contribution >= 0.6 is 22.8 Å². The van der Waals surface area contributed by atoms with Crippen LogP contribution in [0.25, 0.3) is 0 Å². The summed E-state index contributed by atoms with van der Waals surface area (Å²) in [5.74, 6) is 0. The Balaban J connectivity index is 2.22. The predicted octanol–water partition coefficient (Wildman–Crippen LogP) is 2.26. The van der Waals surface area contributed by atoms with Crippen molar-refractivity contribution in [1.82, 2.24) is 0 Å². The van der Waals surface area contributed by atoms with Gasteiger partial charge in [-0.25, -0.2) is 0 Å². The highest BCUT2D eigenvalue weighted by atomic mass is 79.9. The molecule has 0 aliphatic heterocycles.